The minimum Gasteiger partial charge on any atom is -0.408 e. The smallest absolute Gasteiger partial charge is 0.322 e. The number of nitrogens with one attached hydrogen (secondary N) is 2. The number of hydrogen-bond acceptors (Lipinski definition) is 6. The summed E-state index contributed by atoms with van der Waals surface area (Å²) >= 11 is 0. The van der Waals surface area contributed by atoms with Gasteiger partial charge >= 0.3 is 6.01 Å². The SMILES string of the molecule is Cn1ccc(C(=O)Nc2nnc(C3CCNCC3)o2)n1. The van der Waals surface area contributed by atoms with E-state index in [0.29, 0.717) is 11.6 Å². The Kier molecular flexibility index (Phi) is 3.46. The number of anilines is 1. The maximum atomic E-state index is 11.9. The van der Waals surface area contributed by atoms with Gasteiger partial charge in [-0.2, -0.15) is 5.10 Å². The second-order valence-corrected chi connectivity index (χ2v) is 4.80. The minimum atomic E-state index is -0.355. The Morgan fingerprint density at radius 2 is 2.25 bits per heavy atom. The van der Waals surface area contributed by atoms with E-state index in [1.807, 2.05) is 0 Å². The molecule has 1 amide bonds. The molecule has 0 atom stereocenters. The van der Waals surface area contributed by atoms with Gasteiger partial charge in [0, 0.05) is 19.2 Å². The molecule has 1 aliphatic rings. The van der Waals surface area contributed by atoms with Crippen molar-refractivity contribution < 1.29 is 9.21 Å². The van der Waals surface area contributed by atoms with Crippen molar-refractivity contribution in [3.63, 3.8) is 0 Å². The zero-order valence-electron chi connectivity index (χ0n) is 11.2. The molecule has 0 aliphatic carbocycles. The summed E-state index contributed by atoms with van der Waals surface area (Å²) in [5, 5.41) is 17.7. The van der Waals surface area contributed by atoms with Crippen molar-refractivity contribution in [1.29, 1.82) is 0 Å². The first-order valence-electron chi connectivity index (χ1n) is 6.57. The molecule has 3 rings (SSSR count). The molecule has 20 heavy (non-hydrogen) atoms. The zero-order valence-corrected chi connectivity index (χ0v) is 11.2. The van der Waals surface area contributed by atoms with Gasteiger partial charge < -0.3 is 9.73 Å². The van der Waals surface area contributed by atoms with Crippen molar-refractivity contribution in [2.75, 3.05) is 18.4 Å². The van der Waals surface area contributed by atoms with Gasteiger partial charge in [-0.3, -0.25) is 14.8 Å². The minimum absolute atomic E-state index is 0.120. The molecule has 2 N–H and O–H groups in total. The van der Waals surface area contributed by atoms with E-state index in [9.17, 15) is 4.79 Å². The molecule has 1 fully saturated rings. The topological polar surface area (TPSA) is 97.9 Å². The second-order valence-electron chi connectivity index (χ2n) is 4.80. The summed E-state index contributed by atoms with van der Waals surface area (Å²) in [7, 11) is 1.75. The lowest BCUT2D eigenvalue weighted by molar-refractivity contribution is 0.101. The fraction of sp³-hybridized carbons (Fsp3) is 0.500. The number of hydrogen-bond donors (Lipinski definition) is 2. The number of aromatic nitrogens is 4. The molecule has 0 aromatic carbocycles. The molecule has 0 saturated carbocycles. The van der Waals surface area contributed by atoms with E-state index in [4.69, 9.17) is 4.42 Å². The molecule has 106 valence electrons. The van der Waals surface area contributed by atoms with Crippen LogP contribution >= 0.6 is 0 Å². The van der Waals surface area contributed by atoms with Crippen LogP contribution < -0.4 is 10.6 Å². The number of carbonyl (C=O) groups excluding carboxylic acids is 1. The molecule has 0 spiro atoms. The first-order valence-corrected chi connectivity index (χ1v) is 6.57. The monoisotopic (exact) mass is 276 g/mol. The Morgan fingerprint density at radius 3 is 2.95 bits per heavy atom. The molecule has 8 heteroatoms. The lowest BCUT2D eigenvalue weighted by atomic mass is 9.98. The van der Waals surface area contributed by atoms with Crippen LogP contribution in [0, 0.1) is 0 Å². The molecule has 1 aliphatic heterocycles. The van der Waals surface area contributed by atoms with Gasteiger partial charge in [-0.05, 0) is 32.0 Å². The first kappa shape index (κ1) is 12.8. The van der Waals surface area contributed by atoms with Crippen LogP contribution in [0.5, 0.6) is 0 Å². The van der Waals surface area contributed by atoms with Crippen LogP contribution in [0.4, 0.5) is 6.01 Å². The number of aryl methyl sites for hydroxylation is 1. The van der Waals surface area contributed by atoms with E-state index in [1.165, 1.54) is 0 Å². The molecule has 8 nitrogen and oxygen atoms in total. The molecule has 2 aromatic rings. The highest BCUT2D eigenvalue weighted by Crippen LogP contribution is 2.24. The third kappa shape index (κ3) is 2.69. The summed E-state index contributed by atoms with van der Waals surface area (Å²) in [5.41, 5.74) is 0.314. The van der Waals surface area contributed by atoms with Gasteiger partial charge in [0.25, 0.3) is 5.91 Å². The van der Waals surface area contributed by atoms with Gasteiger partial charge in [-0.15, -0.1) is 5.10 Å². The number of carbonyl (C=O) groups is 1. The Morgan fingerprint density at radius 1 is 1.45 bits per heavy atom. The number of rotatable bonds is 3. The predicted octanol–water partition coefficient (Wildman–Crippen LogP) is 0.522. The number of piperidine rings is 1. The van der Waals surface area contributed by atoms with Crippen molar-refractivity contribution >= 4 is 11.9 Å². The summed E-state index contributed by atoms with van der Waals surface area (Å²) in [6.45, 7) is 1.89. The van der Waals surface area contributed by atoms with Crippen LogP contribution in [0.2, 0.25) is 0 Å². The van der Waals surface area contributed by atoms with Gasteiger partial charge in [0.2, 0.25) is 5.89 Å². The summed E-state index contributed by atoms with van der Waals surface area (Å²) in [4.78, 5) is 11.9. The normalized spacial score (nSPS) is 16.2. The predicted molar refractivity (Wildman–Crippen MR) is 70.3 cm³/mol. The summed E-state index contributed by atoms with van der Waals surface area (Å²) < 4.78 is 7.06. The van der Waals surface area contributed by atoms with Gasteiger partial charge in [0.15, 0.2) is 5.69 Å². The highest BCUT2D eigenvalue weighted by molar-refractivity contribution is 6.01. The highest BCUT2D eigenvalue weighted by Gasteiger charge is 2.22. The van der Waals surface area contributed by atoms with Crippen molar-refractivity contribution in [2.24, 2.45) is 7.05 Å². The van der Waals surface area contributed by atoms with Crippen LogP contribution in [0.3, 0.4) is 0 Å². The lowest BCUT2D eigenvalue weighted by Crippen LogP contribution is -2.26. The summed E-state index contributed by atoms with van der Waals surface area (Å²) in [6.07, 6.45) is 3.63. The van der Waals surface area contributed by atoms with Crippen molar-refractivity contribution in [2.45, 2.75) is 18.8 Å². The van der Waals surface area contributed by atoms with E-state index in [-0.39, 0.29) is 17.8 Å². The second kappa shape index (κ2) is 5.41. The van der Waals surface area contributed by atoms with Crippen LogP contribution in [-0.2, 0) is 7.05 Å². The third-order valence-electron chi connectivity index (χ3n) is 3.30. The van der Waals surface area contributed by atoms with E-state index < -0.39 is 0 Å². The molecule has 3 heterocycles. The Bertz CT molecular complexity index is 599. The molecular formula is C12H16N6O2. The standard InChI is InChI=1S/C12H16N6O2/c1-18-7-4-9(17-18)10(19)14-12-16-15-11(20-12)8-2-5-13-6-3-8/h4,7-8,13H,2-3,5-6H2,1H3,(H,14,16,19). The molecule has 0 bridgehead atoms. The molecular weight excluding hydrogens is 260 g/mol. The van der Waals surface area contributed by atoms with Gasteiger partial charge in [-0.1, -0.05) is 5.10 Å². The number of nitrogens with zero attached hydrogens (tertiary/aromatic N) is 4. The largest absolute Gasteiger partial charge is 0.408 e. The van der Waals surface area contributed by atoms with Crippen molar-refractivity contribution in [3.8, 4) is 0 Å². The third-order valence-corrected chi connectivity index (χ3v) is 3.30. The number of amides is 1. The van der Waals surface area contributed by atoms with Gasteiger partial charge in [-0.25, -0.2) is 0 Å². The lowest BCUT2D eigenvalue weighted by Gasteiger charge is -2.18. The van der Waals surface area contributed by atoms with Crippen molar-refractivity contribution in [1.82, 2.24) is 25.3 Å². The maximum Gasteiger partial charge on any atom is 0.322 e. The van der Waals surface area contributed by atoms with E-state index in [1.54, 1.807) is 24.0 Å². The molecule has 0 radical (unpaired) electrons. The quantitative estimate of drug-likeness (QED) is 0.848. The molecule has 1 saturated heterocycles. The Labute approximate surface area is 115 Å². The van der Waals surface area contributed by atoms with Crippen molar-refractivity contribution in [3.05, 3.63) is 23.8 Å². The Balaban J connectivity index is 1.66. The fourth-order valence-corrected chi connectivity index (χ4v) is 2.22. The first-order chi connectivity index (χ1) is 9.72. The van der Waals surface area contributed by atoms with E-state index in [0.717, 1.165) is 25.9 Å². The summed E-state index contributed by atoms with van der Waals surface area (Å²) in [6, 6.07) is 1.74. The molecule has 0 unspecified atom stereocenters. The van der Waals surface area contributed by atoms with Crippen LogP contribution in [-0.4, -0.2) is 39.0 Å². The average molecular weight is 276 g/mol. The average Bonchev–Trinajstić information content (AvgIpc) is 3.09. The van der Waals surface area contributed by atoms with Gasteiger partial charge in [0.05, 0.1) is 0 Å². The van der Waals surface area contributed by atoms with Gasteiger partial charge in [0.1, 0.15) is 0 Å². The zero-order chi connectivity index (χ0) is 13.9. The highest BCUT2D eigenvalue weighted by atomic mass is 16.4. The fourth-order valence-electron chi connectivity index (χ4n) is 2.22. The maximum absolute atomic E-state index is 11.9. The van der Waals surface area contributed by atoms with Crippen LogP contribution in [0.25, 0.3) is 0 Å². The molecule has 2 aromatic heterocycles. The van der Waals surface area contributed by atoms with Crippen LogP contribution in [0.15, 0.2) is 16.7 Å². The van der Waals surface area contributed by atoms with E-state index in [2.05, 4.69) is 25.9 Å². The Hall–Kier alpha value is -2.22. The van der Waals surface area contributed by atoms with Crippen LogP contribution in [0.1, 0.15) is 35.1 Å². The summed E-state index contributed by atoms with van der Waals surface area (Å²) in [5.74, 6) is 0.498. The van der Waals surface area contributed by atoms with E-state index >= 15 is 0 Å².